The summed E-state index contributed by atoms with van der Waals surface area (Å²) < 4.78 is 26.9. The molecular weight excluding hydrogens is 196 g/mol. The lowest BCUT2D eigenvalue weighted by atomic mass is 9.88. The van der Waals surface area contributed by atoms with Crippen LogP contribution in [0, 0.1) is 18.6 Å². The average molecular weight is 211 g/mol. The molecule has 3 heteroatoms. The lowest BCUT2D eigenvalue weighted by Crippen LogP contribution is -2.32. The highest BCUT2D eigenvalue weighted by Gasteiger charge is 2.49. The molecule has 1 saturated carbocycles. The summed E-state index contributed by atoms with van der Waals surface area (Å²) in [6.07, 6.45) is 1.70. The van der Waals surface area contributed by atoms with E-state index in [2.05, 4.69) is 0 Å². The van der Waals surface area contributed by atoms with Crippen molar-refractivity contribution in [2.45, 2.75) is 38.1 Å². The Bertz CT molecular complexity index is 395. The summed E-state index contributed by atoms with van der Waals surface area (Å²) >= 11 is 0. The molecule has 1 aliphatic rings. The van der Waals surface area contributed by atoms with E-state index in [4.69, 9.17) is 5.73 Å². The molecule has 1 unspecified atom stereocenters. The van der Waals surface area contributed by atoms with Crippen molar-refractivity contribution in [1.82, 2.24) is 0 Å². The van der Waals surface area contributed by atoms with Gasteiger partial charge in [0.1, 0.15) is 0 Å². The van der Waals surface area contributed by atoms with E-state index in [1.807, 2.05) is 6.92 Å². The van der Waals surface area contributed by atoms with Gasteiger partial charge >= 0.3 is 0 Å². The standard InChI is InChI=1S/C12H15F2N/c1-7-5-9(11(14)10(13)6-7)12(3-4-12)8(2)15/h5-6,8H,3-4,15H2,1-2H3. The normalized spacial score (nSPS) is 20.1. The Morgan fingerprint density at radius 1 is 1.33 bits per heavy atom. The minimum Gasteiger partial charge on any atom is -0.327 e. The maximum absolute atomic E-state index is 13.6. The third kappa shape index (κ3) is 1.55. The molecule has 15 heavy (non-hydrogen) atoms. The topological polar surface area (TPSA) is 26.0 Å². The maximum Gasteiger partial charge on any atom is 0.162 e. The molecule has 0 radical (unpaired) electrons. The van der Waals surface area contributed by atoms with Gasteiger partial charge in [-0.25, -0.2) is 8.78 Å². The lowest BCUT2D eigenvalue weighted by Gasteiger charge is -2.21. The Hall–Kier alpha value is -0.960. The van der Waals surface area contributed by atoms with E-state index in [0.29, 0.717) is 5.56 Å². The van der Waals surface area contributed by atoms with Crippen molar-refractivity contribution < 1.29 is 8.78 Å². The first-order chi connectivity index (χ1) is 6.97. The number of benzene rings is 1. The fourth-order valence-corrected chi connectivity index (χ4v) is 2.19. The van der Waals surface area contributed by atoms with Gasteiger partial charge in [0.2, 0.25) is 0 Å². The van der Waals surface area contributed by atoms with Crippen LogP contribution in [0.2, 0.25) is 0 Å². The Morgan fingerprint density at radius 3 is 2.40 bits per heavy atom. The Kier molecular flexibility index (Phi) is 2.30. The van der Waals surface area contributed by atoms with Crippen LogP contribution in [0.1, 0.15) is 30.9 Å². The van der Waals surface area contributed by atoms with E-state index >= 15 is 0 Å². The van der Waals surface area contributed by atoms with Crippen LogP contribution in [-0.2, 0) is 5.41 Å². The second-order valence-corrected chi connectivity index (χ2v) is 4.55. The van der Waals surface area contributed by atoms with Gasteiger partial charge in [-0.3, -0.25) is 0 Å². The molecule has 0 amide bonds. The highest BCUT2D eigenvalue weighted by atomic mass is 19.2. The largest absolute Gasteiger partial charge is 0.327 e. The molecule has 82 valence electrons. The van der Waals surface area contributed by atoms with Crippen LogP contribution in [0.15, 0.2) is 12.1 Å². The molecular formula is C12H15F2N. The number of halogens is 2. The second-order valence-electron chi connectivity index (χ2n) is 4.55. The van der Waals surface area contributed by atoms with E-state index < -0.39 is 11.6 Å². The third-order valence-corrected chi connectivity index (χ3v) is 3.37. The van der Waals surface area contributed by atoms with Crippen molar-refractivity contribution >= 4 is 0 Å². The van der Waals surface area contributed by atoms with Gasteiger partial charge in [0.05, 0.1) is 0 Å². The predicted molar refractivity (Wildman–Crippen MR) is 55.7 cm³/mol. The molecule has 0 heterocycles. The van der Waals surface area contributed by atoms with E-state index in [-0.39, 0.29) is 11.5 Å². The van der Waals surface area contributed by atoms with Gasteiger partial charge in [-0.05, 0) is 43.9 Å². The van der Waals surface area contributed by atoms with Gasteiger partial charge in [0.15, 0.2) is 11.6 Å². The van der Waals surface area contributed by atoms with Crippen molar-refractivity contribution in [3.8, 4) is 0 Å². The Balaban J connectivity index is 2.53. The van der Waals surface area contributed by atoms with Gasteiger partial charge in [-0.2, -0.15) is 0 Å². The molecule has 0 aliphatic heterocycles. The molecule has 2 rings (SSSR count). The first-order valence-corrected chi connectivity index (χ1v) is 5.19. The molecule has 1 nitrogen and oxygen atoms in total. The highest BCUT2D eigenvalue weighted by molar-refractivity contribution is 5.38. The predicted octanol–water partition coefficient (Wildman–Crippen LogP) is 2.65. The van der Waals surface area contributed by atoms with Gasteiger partial charge in [0.25, 0.3) is 0 Å². The van der Waals surface area contributed by atoms with Crippen molar-refractivity contribution in [2.24, 2.45) is 5.73 Å². The number of hydrogen-bond donors (Lipinski definition) is 1. The molecule has 1 aromatic carbocycles. The Labute approximate surface area is 88.3 Å². The fourth-order valence-electron chi connectivity index (χ4n) is 2.19. The smallest absolute Gasteiger partial charge is 0.162 e. The average Bonchev–Trinajstić information content (AvgIpc) is 2.91. The first-order valence-electron chi connectivity index (χ1n) is 5.19. The van der Waals surface area contributed by atoms with Crippen LogP contribution >= 0.6 is 0 Å². The fraction of sp³-hybridized carbons (Fsp3) is 0.500. The minimum atomic E-state index is -0.767. The van der Waals surface area contributed by atoms with Crippen LogP contribution in [0.4, 0.5) is 8.78 Å². The molecule has 1 aromatic rings. The molecule has 0 bridgehead atoms. The van der Waals surface area contributed by atoms with E-state index in [0.717, 1.165) is 18.4 Å². The van der Waals surface area contributed by atoms with Crippen LogP contribution < -0.4 is 5.73 Å². The summed E-state index contributed by atoms with van der Waals surface area (Å²) in [7, 11) is 0. The van der Waals surface area contributed by atoms with Crippen LogP contribution in [0.25, 0.3) is 0 Å². The summed E-state index contributed by atoms with van der Waals surface area (Å²) in [4.78, 5) is 0. The summed E-state index contributed by atoms with van der Waals surface area (Å²) in [5.41, 5.74) is 6.72. The number of nitrogens with two attached hydrogens (primary N) is 1. The molecule has 0 aromatic heterocycles. The maximum atomic E-state index is 13.6. The second kappa shape index (κ2) is 3.27. The zero-order valence-electron chi connectivity index (χ0n) is 8.98. The van der Waals surface area contributed by atoms with Gasteiger partial charge in [-0.1, -0.05) is 6.07 Å². The quantitative estimate of drug-likeness (QED) is 0.799. The molecule has 2 N–H and O–H groups in total. The zero-order chi connectivity index (χ0) is 11.2. The molecule has 1 atom stereocenters. The SMILES string of the molecule is Cc1cc(F)c(F)c(C2(C(C)N)CC2)c1. The van der Waals surface area contributed by atoms with E-state index in [1.54, 1.807) is 13.0 Å². The van der Waals surface area contributed by atoms with Crippen LogP contribution in [0.3, 0.4) is 0 Å². The number of aryl methyl sites for hydroxylation is 1. The number of rotatable bonds is 2. The van der Waals surface area contributed by atoms with Crippen molar-refractivity contribution in [1.29, 1.82) is 0 Å². The highest BCUT2D eigenvalue weighted by Crippen LogP contribution is 2.51. The zero-order valence-corrected chi connectivity index (χ0v) is 8.98. The van der Waals surface area contributed by atoms with E-state index in [9.17, 15) is 8.78 Å². The number of hydrogen-bond acceptors (Lipinski definition) is 1. The lowest BCUT2D eigenvalue weighted by molar-refractivity contribution is 0.463. The van der Waals surface area contributed by atoms with Crippen molar-refractivity contribution in [3.63, 3.8) is 0 Å². The molecule has 0 saturated heterocycles. The molecule has 0 spiro atoms. The summed E-state index contributed by atoms with van der Waals surface area (Å²) in [5.74, 6) is -1.49. The molecule has 1 fully saturated rings. The monoisotopic (exact) mass is 211 g/mol. The minimum absolute atomic E-state index is 0.131. The van der Waals surface area contributed by atoms with Crippen molar-refractivity contribution in [3.05, 3.63) is 34.9 Å². The van der Waals surface area contributed by atoms with Gasteiger partial charge < -0.3 is 5.73 Å². The molecule has 1 aliphatic carbocycles. The third-order valence-electron chi connectivity index (χ3n) is 3.37. The van der Waals surface area contributed by atoms with Crippen LogP contribution in [-0.4, -0.2) is 6.04 Å². The van der Waals surface area contributed by atoms with Crippen LogP contribution in [0.5, 0.6) is 0 Å². The summed E-state index contributed by atoms with van der Waals surface area (Å²) in [6.45, 7) is 3.62. The Morgan fingerprint density at radius 2 is 1.93 bits per heavy atom. The summed E-state index contributed by atoms with van der Waals surface area (Å²) in [5, 5.41) is 0. The van der Waals surface area contributed by atoms with Crippen molar-refractivity contribution in [2.75, 3.05) is 0 Å². The first kappa shape index (κ1) is 10.6. The van der Waals surface area contributed by atoms with E-state index in [1.165, 1.54) is 6.07 Å². The summed E-state index contributed by atoms with van der Waals surface area (Å²) in [6, 6.07) is 2.80. The van der Waals surface area contributed by atoms with Gasteiger partial charge in [0, 0.05) is 11.5 Å². The van der Waals surface area contributed by atoms with Gasteiger partial charge in [-0.15, -0.1) is 0 Å².